The van der Waals surface area contributed by atoms with Crippen LogP contribution in [-0.4, -0.2) is 32.8 Å². The molecule has 0 unspecified atom stereocenters. The molecule has 1 aromatic carbocycles. The van der Waals surface area contributed by atoms with E-state index in [1.807, 2.05) is 24.3 Å². The maximum absolute atomic E-state index is 11.8. The highest BCUT2D eigenvalue weighted by molar-refractivity contribution is 5.27. The van der Waals surface area contributed by atoms with E-state index in [4.69, 9.17) is 9.47 Å². The van der Waals surface area contributed by atoms with Crippen molar-refractivity contribution < 1.29 is 18.3 Å². The molecule has 0 aromatic heterocycles. The van der Waals surface area contributed by atoms with Gasteiger partial charge < -0.3 is 14.8 Å². The Balaban J connectivity index is 2.18. The topological polar surface area (TPSA) is 30.5 Å². The van der Waals surface area contributed by atoms with Gasteiger partial charge in [-0.2, -0.15) is 0 Å². The van der Waals surface area contributed by atoms with Crippen molar-refractivity contribution in [2.24, 2.45) is 0 Å². The summed E-state index contributed by atoms with van der Waals surface area (Å²) in [6.45, 7) is 3.72. The second kappa shape index (κ2) is 8.83. The van der Waals surface area contributed by atoms with Crippen LogP contribution in [0.15, 0.2) is 24.3 Å². The summed E-state index contributed by atoms with van der Waals surface area (Å²) in [5.41, 5.74) is 1.18. The fraction of sp³-hybridized carbons (Fsp3) is 0.538. The van der Waals surface area contributed by atoms with Crippen LogP contribution in [0.25, 0.3) is 0 Å². The van der Waals surface area contributed by atoms with Gasteiger partial charge in [-0.15, -0.1) is 0 Å². The summed E-state index contributed by atoms with van der Waals surface area (Å²) in [6.07, 6.45) is -2.42. The van der Waals surface area contributed by atoms with Gasteiger partial charge in [0.25, 0.3) is 6.43 Å². The average molecular weight is 259 g/mol. The number of benzene rings is 1. The summed E-state index contributed by atoms with van der Waals surface area (Å²) in [4.78, 5) is 0. The zero-order chi connectivity index (χ0) is 13.2. The van der Waals surface area contributed by atoms with E-state index < -0.39 is 13.0 Å². The van der Waals surface area contributed by atoms with E-state index in [-0.39, 0.29) is 13.2 Å². The Morgan fingerprint density at radius 3 is 2.50 bits per heavy atom. The van der Waals surface area contributed by atoms with Crippen LogP contribution in [0.5, 0.6) is 5.75 Å². The lowest BCUT2D eigenvalue weighted by Crippen LogP contribution is -2.12. The van der Waals surface area contributed by atoms with E-state index in [9.17, 15) is 8.78 Å². The Labute approximate surface area is 106 Å². The van der Waals surface area contributed by atoms with E-state index in [1.165, 1.54) is 5.56 Å². The standard InChI is InChI=1S/C13H19F2NO2/c1-2-16-9-11-3-5-12(6-4-11)18-8-7-17-10-13(14)15/h3-6,13,16H,2,7-10H2,1H3. The number of nitrogens with one attached hydrogen (secondary N) is 1. The van der Waals surface area contributed by atoms with Crippen molar-refractivity contribution in [1.82, 2.24) is 5.32 Å². The molecule has 0 amide bonds. The van der Waals surface area contributed by atoms with Gasteiger partial charge in [-0.3, -0.25) is 0 Å². The van der Waals surface area contributed by atoms with Crippen molar-refractivity contribution in [3.63, 3.8) is 0 Å². The fourth-order valence-electron chi connectivity index (χ4n) is 1.36. The highest BCUT2D eigenvalue weighted by Gasteiger charge is 2.01. The van der Waals surface area contributed by atoms with Crippen LogP contribution >= 0.6 is 0 Å². The lowest BCUT2D eigenvalue weighted by Gasteiger charge is -2.08. The van der Waals surface area contributed by atoms with Crippen LogP contribution in [0.2, 0.25) is 0 Å². The van der Waals surface area contributed by atoms with Crippen LogP contribution < -0.4 is 10.1 Å². The van der Waals surface area contributed by atoms with E-state index in [2.05, 4.69) is 12.2 Å². The number of rotatable bonds is 9. The minimum absolute atomic E-state index is 0.170. The number of alkyl halides is 2. The van der Waals surface area contributed by atoms with Crippen LogP contribution in [0.3, 0.4) is 0 Å². The van der Waals surface area contributed by atoms with E-state index in [0.29, 0.717) is 0 Å². The molecule has 0 aliphatic rings. The van der Waals surface area contributed by atoms with Crippen molar-refractivity contribution in [3.8, 4) is 5.75 Å². The zero-order valence-electron chi connectivity index (χ0n) is 10.5. The average Bonchev–Trinajstić information content (AvgIpc) is 2.37. The lowest BCUT2D eigenvalue weighted by atomic mass is 10.2. The van der Waals surface area contributed by atoms with Gasteiger partial charge in [0, 0.05) is 6.54 Å². The first-order chi connectivity index (χ1) is 8.72. The molecule has 0 heterocycles. The van der Waals surface area contributed by atoms with Gasteiger partial charge in [0.2, 0.25) is 0 Å². The number of hydrogen-bond acceptors (Lipinski definition) is 3. The Kier molecular flexibility index (Phi) is 7.29. The maximum atomic E-state index is 11.8. The minimum Gasteiger partial charge on any atom is -0.491 e. The third-order valence-electron chi connectivity index (χ3n) is 2.24. The summed E-state index contributed by atoms with van der Waals surface area (Å²) < 4.78 is 33.6. The first kappa shape index (κ1) is 14.9. The second-order valence-corrected chi connectivity index (χ2v) is 3.74. The molecule has 3 nitrogen and oxygen atoms in total. The zero-order valence-corrected chi connectivity index (χ0v) is 10.5. The summed E-state index contributed by atoms with van der Waals surface area (Å²) in [6, 6.07) is 7.66. The summed E-state index contributed by atoms with van der Waals surface area (Å²) >= 11 is 0. The molecule has 1 rings (SSSR count). The number of hydrogen-bond donors (Lipinski definition) is 1. The molecule has 0 aliphatic heterocycles. The Morgan fingerprint density at radius 1 is 1.17 bits per heavy atom. The van der Waals surface area contributed by atoms with Crippen molar-refractivity contribution in [3.05, 3.63) is 29.8 Å². The van der Waals surface area contributed by atoms with Crippen LogP contribution in [-0.2, 0) is 11.3 Å². The van der Waals surface area contributed by atoms with E-state index >= 15 is 0 Å². The van der Waals surface area contributed by atoms with Gasteiger partial charge in [-0.1, -0.05) is 19.1 Å². The summed E-state index contributed by atoms with van der Waals surface area (Å²) in [7, 11) is 0. The molecule has 0 saturated heterocycles. The van der Waals surface area contributed by atoms with E-state index in [0.717, 1.165) is 18.8 Å². The number of ether oxygens (including phenoxy) is 2. The first-order valence-corrected chi connectivity index (χ1v) is 6.00. The molecular weight excluding hydrogens is 240 g/mol. The largest absolute Gasteiger partial charge is 0.491 e. The SMILES string of the molecule is CCNCc1ccc(OCCOCC(F)F)cc1. The molecule has 0 fully saturated rings. The molecule has 5 heteroatoms. The minimum atomic E-state index is -2.42. The fourth-order valence-corrected chi connectivity index (χ4v) is 1.36. The van der Waals surface area contributed by atoms with Gasteiger partial charge in [0.15, 0.2) is 0 Å². The van der Waals surface area contributed by atoms with Gasteiger partial charge in [-0.25, -0.2) is 8.78 Å². The maximum Gasteiger partial charge on any atom is 0.261 e. The van der Waals surface area contributed by atoms with Crippen LogP contribution in [0.4, 0.5) is 8.78 Å². The quantitative estimate of drug-likeness (QED) is 0.691. The van der Waals surface area contributed by atoms with Crippen molar-refractivity contribution in [2.45, 2.75) is 19.9 Å². The molecule has 1 aromatic rings. The van der Waals surface area contributed by atoms with Gasteiger partial charge in [0.05, 0.1) is 6.61 Å². The van der Waals surface area contributed by atoms with Gasteiger partial charge in [-0.05, 0) is 24.2 Å². The predicted molar refractivity (Wildman–Crippen MR) is 66.1 cm³/mol. The van der Waals surface area contributed by atoms with Gasteiger partial charge >= 0.3 is 0 Å². The van der Waals surface area contributed by atoms with Crippen LogP contribution in [0, 0.1) is 0 Å². The first-order valence-electron chi connectivity index (χ1n) is 6.00. The third kappa shape index (κ3) is 6.51. The summed E-state index contributed by atoms with van der Waals surface area (Å²) in [5.74, 6) is 0.718. The smallest absolute Gasteiger partial charge is 0.261 e. The van der Waals surface area contributed by atoms with Gasteiger partial charge in [0.1, 0.15) is 19.0 Å². The van der Waals surface area contributed by atoms with Crippen LogP contribution in [0.1, 0.15) is 12.5 Å². The monoisotopic (exact) mass is 259 g/mol. The molecular formula is C13H19F2NO2. The Hall–Kier alpha value is -1.20. The lowest BCUT2D eigenvalue weighted by molar-refractivity contribution is 0.00763. The molecule has 0 bridgehead atoms. The number of halogens is 2. The molecule has 18 heavy (non-hydrogen) atoms. The second-order valence-electron chi connectivity index (χ2n) is 3.74. The normalized spacial score (nSPS) is 10.9. The molecule has 0 aliphatic carbocycles. The molecule has 0 atom stereocenters. The molecule has 0 saturated carbocycles. The van der Waals surface area contributed by atoms with Crippen molar-refractivity contribution in [1.29, 1.82) is 0 Å². The Bertz CT molecular complexity index is 317. The predicted octanol–water partition coefficient (Wildman–Crippen LogP) is 2.46. The third-order valence-corrected chi connectivity index (χ3v) is 2.24. The molecule has 102 valence electrons. The Morgan fingerprint density at radius 2 is 1.89 bits per heavy atom. The van der Waals surface area contributed by atoms with Crippen molar-refractivity contribution >= 4 is 0 Å². The molecule has 1 N–H and O–H groups in total. The summed E-state index contributed by atoms with van der Waals surface area (Å²) in [5, 5.41) is 3.22. The molecule has 0 spiro atoms. The molecule has 0 radical (unpaired) electrons. The van der Waals surface area contributed by atoms with Crippen molar-refractivity contribution in [2.75, 3.05) is 26.4 Å². The van der Waals surface area contributed by atoms with E-state index in [1.54, 1.807) is 0 Å². The highest BCUT2D eigenvalue weighted by Crippen LogP contribution is 2.11. The highest BCUT2D eigenvalue weighted by atomic mass is 19.3.